The Kier molecular flexibility index (Phi) is 26.1. The van der Waals surface area contributed by atoms with E-state index in [1.807, 2.05) is 19.1 Å². The van der Waals surface area contributed by atoms with E-state index in [2.05, 4.69) is 0 Å². The third-order valence-electron chi connectivity index (χ3n) is 3.75. The van der Waals surface area contributed by atoms with Gasteiger partial charge in [-0.25, -0.2) is 0 Å². The van der Waals surface area contributed by atoms with Crippen LogP contribution in [0.3, 0.4) is 0 Å². The number of carboxylic acid groups (broad SMARTS) is 3. The molecule has 0 aliphatic heterocycles. The maximum Gasteiger partial charge on any atom is 1.00 e. The molecule has 0 aromatic heterocycles. The molecule has 150 valence electrons. The number of aliphatic hydroxyl groups is 1. The zero-order valence-electron chi connectivity index (χ0n) is 17.1. The molecule has 28 heavy (non-hydrogen) atoms. The maximum absolute atomic E-state index is 10.8. The molecule has 0 heterocycles. The first-order chi connectivity index (χ1) is 12.2. The number of carbonyl (C=O) groups is 3. The first-order valence-electron chi connectivity index (χ1n) is 8.60. The van der Waals surface area contributed by atoms with Crippen molar-refractivity contribution < 1.29 is 138 Å². The van der Waals surface area contributed by atoms with Crippen LogP contribution in [0.5, 0.6) is 0 Å². The molecule has 9 nitrogen and oxygen atoms in total. The van der Waals surface area contributed by atoms with Crippen molar-refractivity contribution in [1.29, 1.82) is 0 Å². The Morgan fingerprint density at radius 1 is 0.893 bits per heavy atom. The second-order valence-electron chi connectivity index (χ2n) is 5.99. The molecule has 0 saturated heterocycles. The normalized spacial score (nSPS) is 11.9. The summed E-state index contributed by atoms with van der Waals surface area (Å²) in [6.45, 7) is 3.31. The summed E-state index contributed by atoms with van der Waals surface area (Å²) in [6.07, 6.45) is 2.87. The predicted octanol–water partition coefficient (Wildman–Crippen LogP) is -8.32. The molecule has 0 radical (unpaired) electrons. The molecule has 0 bridgehead atoms. The molecule has 0 aliphatic rings. The van der Waals surface area contributed by atoms with E-state index >= 15 is 0 Å². The average Bonchev–Trinajstić information content (AvgIpc) is 2.56. The van der Waals surface area contributed by atoms with Gasteiger partial charge in [0.15, 0.2) is 0 Å². The minimum atomic E-state index is -1.23. The standard InChI is InChI=1S/C17H30N2O7.2K/c1-2-3-4-14(20)13-19(10-7-17(25)26)12-11-18(8-5-15(21)22)9-6-16(23)24;;/h2-3,14,20H,4-13H2,1H3,(H,21,22)(H,23,24)(H,25,26);;/q;2*+1/p-2/b3-2+;;. The number of carboxylic acids is 3. The molecule has 0 rings (SSSR count). The second-order valence-corrected chi connectivity index (χ2v) is 5.99. The van der Waals surface area contributed by atoms with Gasteiger partial charge in [-0.2, -0.15) is 0 Å². The largest absolute Gasteiger partial charge is 1.00 e. The topological polar surface area (TPSA) is 144 Å². The molecule has 0 saturated carbocycles. The Morgan fingerprint density at radius 2 is 1.36 bits per heavy atom. The van der Waals surface area contributed by atoms with Gasteiger partial charge in [0.2, 0.25) is 0 Å². The van der Waals surface area contributed by atoms with Crippen molar-refractivity contribution in [3.63, 3.8) is 0 Å². The summed E-state index contributed by atoms with van der Waals surface area (Å²) in [5.74, 6) is -3.41. The fourth-order valence-corrected chi connectivity index (χ4v) is 2.33. The van der Waals surface area contributed by atoms with Crippen LogP contribution in [-0.2, 0) is 14.4 Å². The van der Waals surface area contributed by atoms with Gasteiger partial charge in [-0.15, -0.1) is 0 Å². The van der Waals surface area contributed by atoms with Crippen LogP contribution in [0, 0.1) is 0 Å². The van der Waals surface area contributed by atoms with E-state index in [4.69, 9.17) is 5.11 Å². The minimum Gasteiger partial charge on any atom is -0.550 e. The number of aliphatic carboxylic acids is 3. The van der Waals surface area contributed by atoms with Crippen molar-refractivity contribution in [2.45, 2.75) is 38.7 Å². The van der Waals surface area contributed by atoms with Gasteiger partial charge in [-0.05, 0) is 26.2 Å². The Bertz CT molecular complexity index is 460. The Labute approximate surface area is 251 Å². The van der Waals surface area contributed by atoms with Crippen LogP contribution < -0.4 is 113 Å². The first-order valence-corrected chi connectivity index (χ1v) is 8.60. The van der Waals surface area contributed by atoms with Crippen LogP contribution >= 0.6 is 0 Å². The van der Waals surface area contributed by atoms with Crippen LogP contribution in [-0.4, -0.2) is 83.3 Å². The molecule has 0 fully saturated rings. The van der Waals surface area contributed by atoms with E-state index in [9.17, 15) is 29.7 Å². The number of rotatable bonds is 16. The minimum absolute atomic E-state index is 0. The van der Waals surface area contributed by atoms with Crippen LogP contribution in [0.4, 0.5) is 0 Å². The van der Waals surface area contributed by atoms with Crippen LogP contribution in [0.25, 0.3) is 0 Å². The van der Waals surface area contributed by atoms with Gasteiger partial charge in [0.1, 0.15) is 0 Å². The molecule has 11 heteroatoms. The quantitative estimate of drug-likeness (QED) is 0.173. The predicted molar refractivity (Wildman–Crippen MR) is 89.8 cm³/mol. The Morgan fingerprint density at radius 3 is 1.79 bits per heavy atom. The summed E-state index contributed by atoms with van der Waals surface area (Å²) in [5.41, 5.74) is 0. The summed E-state index contributed by atoms with van der Waals surface area (Å²) in [7, 11) is 0. The molecule has 0 aromatic rings. The van der Waals surface area contributed by atoms with Crippen LogP contribution in [0.15, 0.2) is 12.2 Å². The number of allylic oxidation sites excluding steroid dienone is 1. The average molecular weight is 451 g/mol. The molecule has 0 aromatic carbocycles. The van der Waals surface area contributed by atoms with Gasteiger partial charge >= 0.3 is 109 Å². The van der Waals surface area contributed by atoms with Gasteiger partial charge in [-0.3, -0.25) is 9.69 Å². The smallest absolute Gasteiger partial charge is 0.550 e. The first kappa shape index (κ1) is 33.9. The Hall–Kier alpha value is 1.30. The number of nitrogens with zero attached hydrogens (tertiary/aromatic N) is 2. The van der Waals surface area contributed by atoms with Crippen LogP contribution in [0.2, 0.25) is 0 Å². The summed E-state index contributed by atoms with van der Waals surface area (Å²) in [6, 6.07) is 0. The van der Waals surface area contributed by atoms with Crippen molar-refractivity contribution in [3.8, 4) is 0 Å². The van der Waals surface area contributed by atoms with Crippen molar-refractivity contribution >= 4 is 17.9 Å². The molecule has 0 aliphatic carbocycles. The van der Waals surface area contributed by atoms with Gasteiger partial charge in [0, 0.05) is 51.2 Å². The summed E-state index contributed by atoms with van der Waals surface area (Å²) in [4.78, 5) is 35.5. The molecule has 0 spiro atoms. The van der Waals surface area contributed by atoms with Gasteiger partial charge in [0.05, 0.1) is 12.5 Å². The zero-order chi connectivity index (χ0) is 19.9. The fraction of sp³-hybridized carbons (Fsp3) is 0.706. The van der Waals surface area contributed by atoms with Gasteiger partial charge in [0.25, 0.3) is 0 Å². The van der Waals surface area contributed by atoms with Crippen LogP contribution in [0.1, 0.15) is 32.6 Å². The summed E-state index contributed by atoms with van der Waals surface area (Å²) in [5, 5.41) is 40.1. The van der Waals surface area contributed by atoms with Crippen molar-refractivity contribution in [3.05, 3.63) is 12.2 Å². The van der Waals surface area contributed by atoms with E-state index in [0.29, 0.717) is 19.5 Å². The number of hydrogen-bond donors (Lipinski definition) is 2. The van der Waals surface area contributed by atoms with Gasteiger partial charge in [-0.1, -0.05) is 12.2 Å². The SMILES string of the molecule is C/C=C/CC(O)CN(CCC(=O)O)CCN(CCC(=O)[O-])CCC(=O)[O-].[K+].[K+]. The second kappa shape index (κ2) is 21.5. The summed E-state index contributed by atoms with van der Waals surface area (Å²) >= 11 is 0. The van der Waals surface area contributed by atoms with E-state index < -0.39 is 24.0 Å². The van der Waals surface area contributed by atoms with E-state index in [1.54, 1.807) is 9.80 Å². The maximum atomic E-state index is 10.8. The third-order valence-corrected chi connectivity index (χ3v) is 3.75. The number of hydrogen-bond acceptors (Lipinski definition) is 8. The zero-order valence-corrected chi connectivity index (χ0v) is 23.4. The Balaban J connectivity index is -0.00000312. The fourth-order valence-electron chi connectivity index (χ4n) is 2.33. The van der Waals surface area contributed by atoms with Crippen molar-refractivity contribution in [2.24, 2.45) is 0 Å². The molecular formula is C17H28K2N2O7. The number of carbonyl (C=O) groups excluding carboxylic acids is 2. The monoisotopic (exact) mass is 450 g/mol. The van der Waals surface area contributed by atoms with Crippen molar-refractivity contribution in [1.82, 2.24) is 9.80 Å². The van der Waals surface area contributed by atoms with Gasteiger partial charge < -0.3 is 34.9 Å². The molecule has 1 unspecified atom stereocenters. The molecule has 1 atom stereocenters. The number of aliphatic hydroxyl groups excluding tert-OH is 1. The third kappa shape index (κ3) is 22.0. The van der Waals surface area contributed by atoms with E-state index in [1.165, 1.54) is 0 Å². The molecule has 0 amide bonds. The van der Waals surface area contributed by atoms with E-state index in [0.717, 1.165) is 0 Å². The molecular weight excluding hydrogens is 422 g/mol. The van der Waals surface area contributed by atoms with E-state index in [-0.39, 0.29) is 148 Å². The van der Waals surface area contributed by atoms with Crippen molar-refractivity contribution in [2.75, 3.05) is 39.3 Å². The molecule has 2 N–H and O–H groups in total. The summed E-state index contributed by atoms with van der Waals surface area (Å²) < 4.78 is 0.